The molecule has 1 saturated heterocycles. The Bertz CT molecular complexity index is 689. The highest BCUT2D eigenvalue weighted by molar-refractivity contribution is 14.0. The Balaban J connectivity index is 0.00000544. The van der Waals surface area contributed by atoms with Gasteiger partial charge >= 0.3 is 6.09 Å². The van der Waals surface area contributed by atoms with Crippen LogP contribution < -0.4 is 10.6 Å². The predicted octanol–water partition coefficient (Wildman–Crippen LogP) is 3.79. The number of nitrogens with one attached hydrogen (secondary N) is 2. The van der Waals surface area contributed by atoms with Gasteiger partial charge in [0.2, 0.25) is 0 Å². The van der Waals surface area contributed by atoms with Gasteiger partial charge in [-0.15, -0.1) is 24.0 Å². The molecule has 0 saturated carbocycles. The van der Waals surface area contributed by atoms with E-state index in [0.29, 0.717) is 26.4 Å². The molecule has 2 N–H and O–H groups in total. The van der Waals surface area contributed by atoms with Crippen LogP contribution in [0.2, 0.25) is 0 Å². The number of carbonyl (C=O) groups excluding carboxylic acids is 1. The summed E-state index contributed by atoms with van der Waals surface area (Å²) in [5, 5.41) is 6.15. The number of hydrogen-bond acceptors (Lipinski definition) is 5. The van der Waals surface area contributed by atoms with Gasteiger partial charge in [0.05, 0.1) is 19.3 Å². The van der Waals surface area contributed by atoms with E-state index in [-0.39, 0.29) is 36.2 Å². The number of likely N-dealkylation sites (tertiary alicyclic amines) is 1. The number of guanidine groups is 1. The second-order valence-corrected chi connectivity index (χ2v) is 8.85. The molecule has 0 radical (unpaired) electrons. The Labute approximate surface area is 215 Å². The van der Waals surface area contributed by atoms with Gasteiger partial charge in [-0.1, -0.05) is 30.3 Å². The maximum absolute atomic E-state index is 11.6. The van der Waals surface area contributed by atoms with Crippen LogP contribution in [0.3, 0.4) is 0 Å². The van der Waals surface area contributed by atoms with Crippen LogP contribution >= 0.6 is 24.0 Å². The molecular weight excluding hydrogens is 535 g/mol. The van der Waals surface area contributed by atoms with Gasteiger partial charge in [0.25, 0.3) is 0 Å². The minimum absolute atomic E-state index is 0. The summed E-state index contributed by atoms with van der Waals surface area (Å²) in [6, 6.07) is 10.2. The molecule has 1 aromatic carbocycles. The van der Waals surface area contributed by atoms with E-state index in [2.05, 4.69) is 32.7 Å². The third-order valence-corrected chi connectivity index (χ3v) is 4.94. The van der Waals surface area contributed by atoms with Gasteiger partial charge in [0.1, 0.15) is 5.60 Å². The zero-order chi connectivity index (χ0) is 23.2. The molecule has 1 aromatic rings. The SMILES string of the molecule is CN=C(NCCOCc1ccccc1)N1CCC(OCCCNC(=O)OC(C)(C)C)CC1.I. The van der Waals surface area contributed by atoms with E-state index in [9.17, 15) is 4.79 Å². The molecule has 1 amide bonds. The molecular formula is C24H41IN4O4. The van der Waals surface area contributed by atoms with Crippen LogP contribution in [0.1, 0.15) is 45.6 Å². The van der Waals surface area contributed by atoms with E-state index in [1.54, 1.807) is 0 Å². The maximum atomic E-state index is 11.6. The summed E-state index contributed by atoms with van der Waals surface area (Å²) in [7, 11) is 1.81. The lowest BCUT2D eigenvalue weighted by Gasteiger charge is -2.34. The van der Waals surface area contributed by atoms with Crippen LogP contribution in [0.5, 0.6) is 0 Å². The monoisotopic (exact) mass is 576 g/mol. The van der Waals surface area contributed by atoms with Gasteiger partial charge in [0, 0.05) is 39.8 Å². The number of hydrogen-bond donors (Lipinski definition) is 2. The first-order valence-electron chi connectivity index (χ1n) is 11.5. The number of piperidine rings is 1. The van der Waals surface area contributed by atoms with E-state index in [4.69, 9.17) is 14.2 Å². The molecule has 1 heterocycles. The second-order valence-electron chi connectivity index (χ2n) is 8.85. The zero-order valence-electron chi connectivity index (χ0n) is 20.5. The van der Waals surface area contributed by atoms with Crippen molar-refractivity contribution < 1.29 is 19.0 Å². The number of halogens is 1. The Morgan fingerprint density at radius 2 is 1.79 bits per heavy atom. The van der Waals surface area contributed by atoms with Crippen molar-refractivity contribution in [2.24, 2.45) is 4.99 Å². The van der Waals surface area contributed by atoms with Gasteiger partial charge in [-0.3, -0.25) is 4.99 Å². The number of aliphatic imine (C=N–C) groups is 1. The van der Waals surface area contributed by atoms with Crippen molar-refractivity contribution in [1.82, 2.24) is 15.5 Å². The van der Waals surface area contributed by atoms with Crippen LogP contribution in [0.4, 0.5) is 4.79 Å². The topological polar surface area (TPSA) is 84.4 Å². The van der Waals surface area contributed by atoms with Crippen molar-refractivity contribution in [2.45, 2.75) is 58.3 Å². The first-order valence-corrected chi connectivity index (χ1v) is 11.5. The third-order valence-electron chi connectivity index (χ3n) is 4.94. The summed E-state index contributed by atoms with van der Waals surface area (Å²) in [5.41, 5.74) is 0.707. The summed E-state index contributed by atoms with van der Waals surface area (Å²) in [4.78, 5) is 18.3. The fourth-order valence-electron chi connectivity index (χ4n) is 3.39. The van der Waals surface area contributed by atoms with E-state index in [0.717, 1.165) is 44.9 Å². The van der Waals surface area contributed by atoms with E-state index in [1.807, 2.05) is 46.0 Å². The Morgan fingerprint density at radius 3 is 2.42 bits per heavy atom. The average molecular weight is 577 g/mol. The van der Waals surface area contributed by atoms with Crippen molar-refractivity contribution in [2.75, 3.05) is 46.4 Å². The van der Waals surface area contributed by atoms with Crippen LogP contribution in [0, 0.1) is 0 Å². The van der Waals surface area contributed by atoms with Crippen molar-refractivity contribution in [3.63, 3.8) is 0 Å². The van der Waals surface area contributed by atoms with E-state index >= 15 is 0 Å². The molecule has 1 fully saturated rings. The third kappa shape index (κ3) is 13.0. The van der Waals surface area contributed by atoms with Crippen LogP contribution in [0.15, 0.2) is 35.3 Å². The number of amides is 1. The van der Waals surface area contributed by atoms with Crippen molar-refractivity contribution in [3.05, 3.63) is 35.9 Å². The van der Waals surface area contributed by atoms with Crippen molar-refractivity contribution in [3.8, 4) is 0 Å². The van der Waals surface area contributed by atoms with Gasteiger partial charge < -0.3 is 29.7 Å². The molecule has 188 valence electrons. The highest BCUT2D eigenvalue weighted by Crippen LogP contribution is 2.14. The number of rotatable bonds is 10. The summed E-state index contributed by atoms with van der Waals surface area (Å²) in [6.45, 7) is 10.5. The molecule has 0 aromatic heterocycles. The molecule has 2 rings (SSSR count). The molecule has 0 unspecified atom stereocenters. The summed E-state index contributed by atoms with van der Waals surface area (Å²) >= 11 is 0. The Kier molecular flexibility index (Phi) is 14.4. The van der Waals surface area contributed by atoms with E-state index in [1.165, 1.54) is 5.56 Å². The lowest BCUT2D eigenvalue weighted by molar-refractivity contribution is 0.0169. The highest BCUT2D eigenvalue weighted by Gasteiger charge is 2.22. The molecule has 0 bridgehead atoms. The molecule has 0 atom stereocenters. The van der Waals surface area contributed by atoms with E-state index < -0.39 is 5.60 Å². The quantitative estimate of drug-likeness (QED) is 0.191. The maximum Gasteiger partial charge on any atom is 0.407 e. The largest absolute Gasteiger partial charge is 0.444 e. The molecule has 8 nitrogen and oxygen atoms in total. The van der Waals surface area contributed by atoms with Crippen LogP contribution in [-0.4, -0.2) is 75.1 Å². The number of benzene rings is 1. The smallest absolute Gasteiger partial charge is 0.407 e. The molecule has 1 aliphatic heterocycles. The highest BCUT2D eigenvalue weighted by atomic mass is 127. The fourth-order valence-corrected chi connectivity index (χ4v) is 3.39. The Morgan fingerprint density at radius 1 is 1.09 bits per heavy atom. The minimum Gasteiger partial charge on any atom is -0.444 e. The standard InChI is InChI=1S/C24H40N4O4.HI/c1-24(2,3)32-23(29)27-13-8-17-31-21-11-15-28(16-12-21)22(25-4)26-14-18-30-19-20-9-6-5-7-10-20;/h5-7,9-10,21H,8,11-19H2,1-4H3,(H,25,26)(H,27,29);1H. The summed E-state index contributed by atoms with van der Waals surface area (Å²) < 4.78 is 16.9. The lowest BCUT2D eigenvalue weighted by atomic mass is 10.1. The normalized spacial score (nSPS) is 15.0. The summed E-state index contributed by atoms with van der Waals surface area (Å²) in [5.74, 6) is 0.910. The molecule has 1 aliphatic rings. The molecule has 33 heavy (non-hydrogen) atoms. The van der Waals surface area contributed by atoms with Crippen molar-refractivity contribution >= 4 is 36.0 Å². The minimum atomic E-state index is -0.473. The van der Waals surface area contributed by atoms with Gasteiger partial charge in [-0.05, 0) is 45.6 Å². The first-order chi connectivity index (χ1) is 15.4. The lowest BCUT2D eigenvalue weighted by Crippen LogP contribution is -2.47. The molecule has 9 heteroatoms. The number of ether oxygens (including phenoxy) is 3. The van der Waals surface area contributed by atoms with Gasteiger partial charge in [-0.2, -0.15) is 0 Å². The second kappa shape index (κ2) is 16.1. The zero-order valence-corrected chi connectivity index (χ0v) is 22.8. The van der Waals surface area contributed by atoms with Crippen LogP contribution in [0.25, 0.3) is 0 Å². The Hall–Kier alpha value is -1.59. The number of carbonyl (C=O) groups is 1. The number of alkyl carbamates (subject to hydrolysis) is 1. The van der Waals surface area contributed by atoms with Gasteiger partial charge in [0.15, 0.2) is 5.96 Å². The average Bonchev–Trinajstić information content (AvgIpc) is 2.76. The van der Waals surface area contributed by atoms with Crippen molar-refractivity contribution in [1.29, 1.82) is 0 Å². The van der Waals surface area contributed by atoms with Crippen LogP contribution in [-0.2, 0) is 20.8 Å². The predicted molar refractivity (Wildman–Crippen MR) is 142 cm³/mol. The summed E-state index contributed by atoms with van der Waals surface area (Å²) in [6.07, 6.45) is 2.57. The number of nitrogens with zero attached hydrogens (tertiary/aromatic N) is 2. The molecule has 0 aliphatic carbocycles. The molecule has 0 spiro atoms. The van der Waals surface area contributed by atoms with Gasteiger partial charge in [-0.25, -0.2) is 4.79 Å². The first kappa shape index (κ1) is 29.4. The fraction of sp³-hybridized carbons (Fsp3) is 0.667.